The van der Waals surface area contributed by atoms with Crippen molar-refractivity contribution in [1.82, 2.24) is 5.32 Å². The van der Waals surface area contributed by atoms with Crippen molar-refractivity contribution in [3.05, 3.63) is 35.4 Å². The monoisotopic (exact) mass is 243 g/mol. The Morgan fingerprint density at radius 2 is 2.11 bits per heavy atom. The van der Waals surface area contributed by atoms with Gasteiger partial charge >= 0.3 is 0 Å². The third-order valence-corrected chi connectivity index (χ3v) is 5.58. The number of hydrogen-bond acceptors (Lipinski definition) is 2. The standard InChI is InChI=1S/C16H21NO/c18-12-5-6-14-15-9-11-3-1-2-4-13(11)16(14,10-12)7-8-17-15/h1-4,12,14-15,17-18H,5-10H2/t12-,14+,15-,16-/m1/s1. The SMILES string of the molecule is O[C@@H]1CC[C@H]2[C@H]3Cc4ccccc4[C@@]2(CCN3)C1. The second-order valence-electron chi connectivity index (χ2n) is 6.37. The molecular weight excluding hydrogens is 222 g/mol. The lowest BCUT2D eigenvalue weighted by Crippen LogP contribution is -2.61. The molecule has 4 atom stereocenters. The largest absolute Gasteiger partial charge is 0.393 e. The van der Waals surface area contributed by atoms with Gasteiger partial charge in [0, 0.05) is 11.5 Å². The number of rotatable bonds is 0. The summed E-state index contributed by atoms with van der Waals surface area (Å²) in [4.78, 5) is 0. The quantitative estimate of drug-likeness (QED) is 0.730. The van der Waals surface area contributed by atoms with Crippen molar-refractivity contribution in [2.75, 3.05) is 6.54 Å². The number of fused-ring (bicyclic) bond motifs is 1. The summed E-state index contributed by atoms with van der Waals surface area (Å²) in [6.45, 7) is 1.11. The summed E-state index contributed by atoms with van der Waals surface area (Å²) in [7, 11) is 0. The van der Waals surface area contributed by atoms with Crippen molar-refractivity contribution in [3.8, 4) is 0 Å². The molecule has 0 amide bonds. The minimum absolute atomic E-state index is 0.0915. The molecule has 2 bridgehead atoms. The van der Waals surface area contributed by atoms with Crippen molar-refractivity contribution in [1.29, 1.82) is 0 Å². The fourth-order valence-corrected chi connectivity index (χ4v) is 4.90. The van der Waals surface area contributed by atoms with E-state index in [4.69, 9.17) is 0 Å². The van der Waals surface area contributed by atoms with Crippen LogP contribution in [-0.2, 0) is 11.8 Å². The van der Waals surface area contributed by atoms with Gasteiger partial charge in [-0.15, -0.1) is 0 Å². The topological polar surface area (TPSA) is 32.3 Å². The first-order valence-electron chi connectivity index (χ1n) is 7.29. The minimum atomic E-state index is -0.0915. The van der Waals surface area contributed by atoms with Crippen LogP contribution < -0.4 is 5.32 Å². The van der Waals surface area contributed by atoms with Gasteiger partial charge in [0.2, 0.25) is 0 Å². The smallest absolute Gasteiger partial charge is 0.0549 e. The fraction of sp³-hybridized carbons (Fsp3) is 0.625. The number of nitrogens with one attached hydrogen (secondary N) is 1. The van der Waals surface area contributed by atoms with Crippen molar-refractivity contribution >= 4 is 0 Å². The summed E-state index contributed by atoms with van der Waals surface area (Å²) in [5.74, 6) is 0.740. The molecule has 3 aliphatic rings. The highest BCUT2D eigenvalue weighted by molar-refractivity contribution is 5.41. The van der Waals surface area contributed by atoms with Crippen molar-refractivity contribution in [3.63, 3.8) is 0 Å². The van der Waals surface area contributed by atoms with Gasteiger partial charge in [-0.2, -0.15) is 0 Å². The molecule has 2 fully saturated rings. The van der Waals surface area contributed by atoms with Crippen LogP contribution >= 0.6 is 0 Å². The minimum Gasteiger partial charge on any atom is -0.393 e. The van der Waals surface area contributed by atoms with Crippen LogP contribution in [-0.4, -0.2) is 23.8 Å². The Morgan fingerprint density at radius 3 is 3.06 bits per heavy atom. The molecule has 1 aliphatic heterocycles. The molecule has 2 N–H and O–H groups in total. The van der Waals surface area contributed by atoms with Crippen LogP contribution in [0, 0.1) is 5.92 Å². The van der Waals surface area contributed by atoms with Gasteiger partial charge in [-0.1, -0.05) is 24.3 Å². The van der Waals surface area contributed by atoms with E-state index in [1.165, 1.54) is 24.8 Å². The third kappa shape index (κ3) is 1.36. The van der Waals surface area contributed by atoms with Gasteiger partial charge in [-0.25, -0.2) is 0 Å². The van der Waals surface area contributed by atoms with Crippen LogP contribution in [0.4, 0.5) is 0 Å². The average molecular weight is 243 g/mol. The fourth-order valence-electron chi connectivity index (χ4n) is 4.90. The molecule has 1 aromatic carbocycles. The number of piperidine rings is 1. The van der Waals surface area contributed by atoms with E-state index < -0.39 is 0 Å². The van der Waals surface area contributed by atoms with Gasteiger partial charge in [-0.3, -0.25) is 0 Å². The molecule has 1 saturated carbocycles. The Kier molecular flexibility index (Phi) is 2.33. The molecule has 4 rings (SSSR count). The molecule has 2 aliphatic carbocycles. The van der Waals surface area contributed by atoms with Gasteiger partial charge in [0.05, 0.1) is 6.10 Å². The molecule has 96 valence electrons. The van der Waals surface area contributed by atoms with Crippen LogP contribution in [0.3, 0.4) is 0 Å². The molecule has 0 aromatic heterocycles. The van der Waals surface area contributed by atoms with E-state index in [2.05, 4.69) is 29.6 Å². The Bertz CT molecular complexity index is 472. The molecule has 0 unspecified atom stereocenters. The zero-order valence-electron chi connectivity index (χ0n) is 10.7. The summed E-state index contributed by atoms with van der Waals surface area (Å²) < 4.78 is 0. The summed E-state index contributed by atoms with van der Waals surface area (Å²) in [6.07, 6.45) is 5.44. The third-order valence-electron chi connectivity index (χ3n) is 5.58. The molecular formula is C16H21NO. The highest BCUT2D eigenvalue weighted by atomic mass is 16.3. The Labute approximate surface area is 108 Å². The average Bonchev–Trinajstić information content (AvgIpc) is 2.38. The number of aliphatic hydroxyl groups excluding tert-OH is 1. The molecule has 0 radical (unpaired) electrons. The van der Waals surface area contributed by atoms with E-state index >= 15 is 0 Å². The van der Waals surface area contributed by atoms with Crippen molar-refractivity contribution in [2.45, 2.75) is 49.7 Å². The maximum absolute atomic E-state index is 10.2. The van der Waals surface area contributed by atoms with E-state index in [1.807, 2.05) is 0 Å². The van der Waals surface area contributed by atoms with Crippen LogP contribution in [0.25, 0.3) is 0 Å². The number of aliphatic hydroxyl groups is 1. The first-order valence-corrected chi connectivity index (χ1v) is 7.29. The van der Waals surface area contributed by atoms with E-state index in [1.54, 1.807) is 5.56 Å². The maximum atomic E-state index is 10.2. The van der Waals surface area contributed by atoms with E-state index in [0.29, 0.717) is 6.04 Å². The summed E-state index contributed by atoms with van der Waals surface area (Å²) >= 11 is 0. The van der Waals surface area contributed by atoms with Crippen molar-refractivity contribution in [2.24, 2.45) is 5.92 Å². The summed E-state index contributed by atoms with van der Waals surface area (Å²) in [6, 6.07) is 9.58. The second-order valence-corrected chi connectivity index (χ2v) is 6.37. The Balaban J connectivity index is 1.89. The van der Waals surface area contributed by atoms with Crippen LogP contribution in [0.5, 0.6) is 0 Å². The second kappa shape index (κ2) is 3.82. The van der Waals surface area contributed by atoms with Gasteiger partial charge in [-0.05, 0) is 55.7 Å². The molecule has 1 aromatic rings. The molecule has 2 heteroatoms. The van der Waals surface area contributed by atoms with Crippen molar-refractivity contribution < 1.29 is 5.11 Å². The van der Waals surface area contributed by atoms with Gasteiger partial charge in [0.25, 0.3) is 0 Å². The molecule has 0 spiro atoms. The van der Waals surface area contributed by atoms with Crippen LogP contribution in [0.15, 0.2) is 24.3 Å². The molecule has 18 heavy (non-hydrogen) atoms. The molecule has 1 heterocycles. The summed E-state index contributed by atoms with van der Waals surface area (Å²) in [5, 5.41) is 13.9. The van der Waals surface area contributed by atoms with E-state index in [-0.39, 0.29) is 11.5 Å². The zero-order chi connectivity index (χ0) is 12.2. The Morgan fingerprint density at radius 1 is 1.22 bits per heavy atom. The lowest BCUT2D eigenvalue weighted by atomic mass is 9.52. The number of benzene rings is 1. The first-order chi connectivity index (χ1) is 8.79. The predicted molar refractivity (Wildman–Crippen MR) is 71.6 cm³/mol. The van der Waals surface area contributed by atoms with Gasteiger partial charge in [0.15, 0.2) is 0 Å². The lowest BCUT2D eigenvalue weighted by Gasteiger charge is -2.56. The number of hydrogen-bond donors (Lipinski definition) is 2. The predicted octanol–water partition coefficient (Wildman–Crippen LogP) is 2.00. The van der Waals surface area contributed by atoms with E-state index in [9.17, 15) is 5.11 Å². The lowest BCUT2D eigenvalue weighted by molar-refractivity contribution is 0.00381. The molecule has 2 nitrogen and oxygen atoms in total. The van der Waals surface area contributed by atoms with E-state index in [0.717, 1.165) is 25.3 Å². The van der Waals surface area contributed by atoms with Gasteiger partial charge in [0.1, 0.15) is 0 Å². The van der Waals surface area contributed by atoms with Gasteiger partial charge < -0.3 is 10.4 Å². The highest BCUT2D eigenvalue weighted by Crippen LogP contribution is 2.53. The van der Waals surface area contributed by atoms with Crippen LogP contribution in [0.2, 0.25) is 0 Å². The normalized spacial score (nSPS) is 41.9. The summed E-state index contributed by atoms with van der Waals surface area (Å²) in [5.41, 5.74) is 3.33. The van der Waals surface area contributed by atoms with Crippen LogP contribution in [0.1, 0.15) is 36.8 Å². The highest BCUT2D eigenvalue weighted by Gasteiger charge is 2.52. The Hall–Kier alpha value is -0.860. The molecule has 1 saturated heterocycles. The maximum Gasteiger partial charge on any atom is 0.0549 e. The first kappa shape index (κ1) is 11.0. The zero-order valence-corrected chi connectivity index (χ0v) is 10.7.